The lowest BCUT2D eigenvalue weighted by molar-refractivity contribution is -0.137. The summed E-state index contributed by atoms with van der Waals surface area (Å²) >= 11 is 0. The van der Waals surface area contributed by atoms with E-state index in [1.807, 2.05) is 48.6 Å². The van der Waals surface area contributed by atoms with Crippen LogP contribution in [0.5, 0.6) is 0 Å². The van der Waals surface area contributed by atoms with Gasteiger partial charge in [-0.25, -0.2) is 0 Å². The van der Waals surface area contributed by atoms with E-state index in [2.05, 4.69) is 19.1 Å². The first-order valence-corrected chi connectivity index (χ1v) is 9.50. The number of hydrogen-bond acceptors (Lipinski definition) is 3. The highest BCUT2D eigenvalue weighted by atomic mass is 16.6. The lowest BCUT2D eigenvalue weighted by Gasteiger charge is -1.99. The molecule has 0 saturated carbocycles. The quantitative estimate of drug-likeness (QED) is 0.203. The van der Waals surface area contributed by atoms with Gasteiger partial charge in [0, 0.05) is 6.42 Å². The summed E-state index contributed by atoms with van der Waals surface area (Å²) in [7, 11) is 0. The van der Waals surface area contributed by atoms with E-state index >= 15 is 0 Å². The second-order valence-corrected chi connectivity index (χ2v) is 6.31. The molecule has 4 heteroatoms. The molecule has 4 nitrogen and oxygen atoms in total. The minimum absolute atomic E-state index is 0.0699. The van der Waals surface area contributed by atoms with Crippen molar-refractivity contribution in [2.75, 3.05) is 0 Å². The molecule has 0 aromatic heterocycles. The molecule has 0 aromatic rings. The number of rotatable bonds is 14. The SMILES string of the molecule is CC/C=C\CC(O)/C=C/CCC\C=C/C=C/C=C/C1OC1CCC(=O)O. The Morgan fingerprint density at radius 1 is 1.08 bits per heavy atom. The number of allylic oxidation sites excluding steroid dienone is 7. The molecule has 0 bridgehead atoms. The summed E-state index contributed by atoms with van der Waals surface area (Å²) in [5.74, 6) is -0.774. The molecule has 0 radical (unpaired) electrons. The van der Waals surface area contributed by atoms with Crippen molar-refractivity contribution in [1.29, 1.82) is 0 Å². The maximum Gasteiger partial charge on any atom is 0.303 e. The van der Waals surface area contributed by atoms with Gasteiger partial charge in [0.25, 0.3) is 0 Å². The van der Waals surface area contributed by atoms with Crippen LogP contribution in [0.3, 0.4) is 0 Å². The van der Waals surface area contributed by atoms with Gasteiger partial charge in [-0.15, -0.1) is 0 Å². The van der Waals surface area contributed by atoms with Crippen LogP contribution in [0.4, 0.5) is 0 Å². The van der Waals surface area contributed by atoms with Gasteiger partial charge < -0.3 is 14.9 Å². The highest BCUT2D eigenvalue weighted by molar-refractivity contribution is 5.66. The molecule has 0 amide bonds. The number of epoxide rings is 1. The number of hydrogen-bond donors (Lipinski definition) is 2. The van der Waals surface area contributed by atoms with Crippen LogP contribution in [0, 0.1) is 0 Å². The second-order valence-electron chi connectivity index (χ2n) is 6.31. The fourth-order valence-corrected chi connectivity index (χ4v) is 2.39. The third-order valence-electron chi connectivity index (χ3n) is 3.91. The van der Waals surface area contributed by atoms with Crippen molar-refractivity contribution in [2.45, 2.75) is 70.2 Å². The maximum atomic E-state index is 10.5. The van der Waals surface area contributed by atoms with E-state index in [4.69, 9.17) is 9.84 Å². The fraction of sp³-hybridized carbons (Fsp3) is 0.500. The van der Waals surface area contributed by atoms with E-state index in [0.717, 1.165) is 25.7 Å². The molecule has 0 spiro atoms. The van der Waals surface area contributed by atoms with E-state index in [1.165, 1.54) is 0 Å². The van der Waals surface area contributed by atoms with Gasteiger partial charge in [-0.05, 0) is 38.5 Å². The number of carboxylic acids is 1. The first-order chi connectivity index (χ1) is 12.6. The Kier molecular flexibility index (Phi) is 12.2. The summed E-state index contributed by atoms with van der Waals surface area (Å²) in [6.07, 6.45) is 25.2. The van der Waals surface area contributed by atoms with E-state index in [1.54, 1.807) is 0 Å². The van der Waals surface area contributed by atoms with Gasteiger partial charge >= 0.3 is 5.97 Å². The van der Waals surface area contributed by atoms with Gasteiger partial charge in [0.2, 0.25) is 0 Å². The zero-order chi connectivity index (χ0) is 19.0. The highest BCUT2D eigenvalue weighted by Crippen LogP contribution is 2.27. The Morgan fingerprint density at radius 2 is 1.85 bits per heavy atom. The number of aliphatic hydroxyl groups excluding tert-OH is 1. The zero-order valence-corrected chi connectivity index (χ0v) is 15.7. The monoisotopic (exact) mass is 360 g/mol. The molecule has 3 atom stereocenters. The van der Waals surface area contributed by atoms with Crippen molar-refractivity contribution in [3.8, 4) is 0 Å². The lowest BCUT2D eigenvalue weighted by atomic mass is 10.1. The Bertz CT molecular complexity index is 528. The van der Waals surface area contributed by atoms with Crippen LogP contribution < -0.4 is 0 Å². The standard InChI is InChI=1S/C22H32O4/c1-2-3-11-14-19(23)15-12-9-7-5-4-6-8-10-13-16-20-21(26-20)17-18-22(24)25/h3-4,6,8,10-13,15-16,19-21,23H,2,5,7,9,14,17-18H2,1H3,(H,24,25)/b6-4-,10-8+,11-3-,15-12+,16-13+. The molecular weight excluding hydrogens is 328 g/mol. The summed E-state index contributed by atoms with van der Waals surface area (Å²) in [6.45, 7) is 2.08. The topological polar surface area (TPSA) is 70.1 Å². The highest BCUT2D eigenvalue weighted by Gasteiger charge is 2.35. The molecule has 3 unspecified atom stereocenters. The summed E-state index contributed by atoms with van der Waals surface area (Å²) in [4.78, 5) is 10.5. The normalized spacial score (nSPS) is 21.8. The molecule has 1 heterocycles. The van der Waals surface area contributed by atoms with Crippen molar-refractivity contribution in [3.05, 3.63) is 60.8 Å². The average Bonchev–Trinajstić information content (AvgIpc) is 3.36. The van der Waals surface area contributed by atoms with Crippen LogP contribution in [0.1, 0.15) is 51.9 Å². The van der Waals surface area contributed by atoms with Gasteiger partial charge in [-0.3, -0.25) is 4.79 Å². The molecule has 1 rings (SSSR count). The molecule has 144 valence electrons. The number of carbonyl (C=O) groups is 1. The van der Waals surface area contributed by atoms with Gasteiger partial charge in [-0.1, -0.05) is 67.7 Å². The van der Waals surface area contributed by atoms with Crippen LogP contribution in [0.2, 0.25) is 0 Å². The van der Waals surface area contributed by atoms with Crippen LogP contribution in [-0.4, -0.2) is 34.5 Å². The third kappa shape index (κ3) is 12.5. The van der Waals surface area contributed by atoms with Crippen LogP contribution >= 0.6 is 0 Å². The van der Waals surface area contributed by atoms with Crippen LogP contribution in [0.25, 0.3) is 0 Å². The Hall–Kier alpha value is -1.91. The van der Waals surface area contributed by atoms with Crippen molar-refractivity contribution < 1.29 is 19.7 Å². The Morgan fingerprint density at radius 3 is 2.62 bits per heavy atom. The number of ether oxygens (including phenoxy) is 1. The molecule has 1 aliphatic rings. The Balaban J connectivity index is 2.00. The molecule has 0 aromatic carbocycles. The summed E-state index contributed by atoms with van der Waals surface area (Å²) in [6, 6.07) is 0. The van der Waals surface area contributed by atoms with E-state index in [-0.39, 0.29) is 24.7 Å². The zero-order valence-electron chi connectivity index (χ0n) is 15.7. The van der Waals surface area contributed by atoms with Gasteiger partial charge in [0.05, 0.1) is 12.2 Å². The fourth-order valence-electron chi connectivity index (χ4n) is 2.39. The summed E-state index contributed by atoms with van der Waals surface area (Å²) in [5.41, 5.74) is 0. The molecule has 26 heavy (non-hydrogen) atoms. The van der Waals surface area contributed by atoms with E-state index in [9.17, 15) is 9.90 Å². The third-order valence-corrected chi connectivity index (χ3v) is 3.91. The first kappa shape index (κ1) is 22.1. The first-order valence-electron chi connectivity index (χ1n) is 9.50. The van der Waals surface area contributed by atoms with Crippen molar-refractivity contribution in [2.24, 2.45) is 0 Å². The van der Waals surface area contributed by atoms with E-state index < -0.39 is 5.97 Å². The average molecular weight is 360 g/mol. The molecule has 0 aliphatic carbocycles. The second kappa shape index (κ2) is 14.3. The van der Waals surface area contributed by atoms with Gasteiger partial charge in [0.1, 0.15) is 6.10 Å². The van der Waals surface area contributed by atoms with Crippen LogP contribution in [-0.2, 0) is 9.53 Å². The summed E-state index contributed by atoms with van der Waals surface area (Å²) < 4.78 is 5.36. The minimum Gasteiger partial charge on any atom is -0.481 e. The number of aliphatic hydroxyl groups is 1. The number of carboxylic acid groups (broad SMARTS) is 1. The predicted octanol–water partition coefficient (Wildman–Crippen LogP) is 4.73. The van der Waals surface area contributed by atoms with Gasteiger partial charge in [0.15, 0.2) is 0 Å². The van der Waals surface area contributed by atoms with Crippen molar-refractivity contribution in [3.63, 3.8) is 0 Å². The maximum absolute atomic E-state index is 10.5. The van der Waals surface area contributed by atoms with Crippen molar-refractivity contribution in [1.82, 2.24) is 0 Å². The summed E-state index contributed by atoms with van der Waals surface area (Å²) in [5, 5.41) is 18.3. The van der Waals surface area contributed by atoms with E-state index in [0.29, 0.717) is 12.8 Å². The molecule has 1 fully saturated rings. The molecular formula is C22H32O4. The van der Waals surface area contributed by atoms with Crippen molar-refractivity contribution >= 4 is 5.97 Å². The molecule has 1 saturated heterocycles. The minimum atomic E-state index is -0.774. The number of aliphatic carboxylic acids is 1. The predicted molar refractivity (Wildman–Crippen MR) is 106 cm³/mol. The number of unbranched alkanes of at least 4 members (excludes halogenated alkanes) is 2. The molecule has 1 aliphatic heterocycles. The lowest BCUT2D eigenvalue weighted by Crippen LogP contribution is -1.98. The van der Waals surface area contributed by atoms with Crippen LogP contribution in [0.15, 0.2) is 60.8 Å². The largest absolute Gasteiger partial charge is 0.481 e. The smallest absolute Gasteiger partial charge is 0.303 e. The van der Waals surface area contributed by atoms with Gasteiger partial charge in [-0.2, -0.15) is 0 Å². The Labute approximate surface area is 157 Å². The molecule has 2 N–H and O–H groups in total.